The van der Waals surface area contributed by atoms with E-state index in [-0.39, 0.29) is 17.7 Å². The highest BCUT2D eigenvalue weighted by Gasteiger charge is 2.20. The number of halogens is 1. The third-order valence-corrected chi connectivity index (χ3v) is 4.71. The second-order valence-electron chi connectivity index (χ2n) is 8.05. The zero-order chi connectivity index (χ0) is 23.4. The van der Waals surface area contributed by atoms with Crippen LogP contribution in [0.3, 0.4) is 0 Å². The van der Waals surface area contributed by atoms with Gasteiger partial charge in [0, 0.05) is 24.4 Å². The van der Waals surface area contributed by atoms with E-state index in [1.165, 1.54) is 24.3 Å². The fourth-order valence-corrected chi connectivity index (χ4v) is 3.23. The van der Waals surface area contributed by atoms with Crippen LogP contribution in [0.1, 0.15) is 37.6 Å². The van der Waals surface area contributed by atoms with Crippen molar-refractivity contribution in [1.82, 2.24) is 15.1 Å². The Morgan fingerprint density at radius 3 is 2.53 bits per heavy atom. The molecular formula is C23H25FN4O4. The van der Waals surface area contributed by atoms with Crippen molar-refractivity contribution in [2.24, 2.45) is 5.92 Å². The van der Waals surface area contributed by atoms with Crippen molar-refractivity contribution in [3.05, 3.63) is 54.0 Å². The maximum absolute atomic E-state index is 13.3. The zero-order valence-corrected chi connectivity index (χ0v) is 18.1. The lowest BCUT2D eigenvalue weighted by molar-refractivity contribution is -0.129. The Morgan fingerprint density at radius 1 is 1.22 bits per heavy atom. The average molecular weight is 440 g/mol. The van der Waals surface area contributed by atoms with Crippen LogP contribution in [0.4, 0.5) is 4.39 Å². The number of hydrogen-bond acceptors (Lipinski definition) is 5. The highest BCUT2D eigenvalue weighted by atomic mass is 19.1. The molecule has 168 valence electrons. The van der Waals surface area contributed by atoms with Gasteiger partial charge in [0.2, 0.25) is 0 Å². The Labute approximate surface area is 184 Å². The highest BCUT2D eigenvalue weighted by Crippen LogP contribution is 2.31. The van der Waals surface area contributed by atoms with Gasteiger partial charge in [-0.3, -0.25) is 14.9 Å². The normalized spacial score (nSPS) is 12.0. The number of nitrogens with one attached hydrogen (secondary N) is 2. The molecule has 1 heterocycles. The summed E-state index contributed by atoms with van der Waals surface area (Å²) < 4.78 is 21.0. The second kappa shape index (κ2) is 9.59. The van der Waals surface area contributed by atoms with Gasteiger partial charge in [-0.25, -0.2) is 9.18 Å². The number of carboxylic acids is 1. The molecule has 1 amide bonds. The molecule has 3 aromatic rings. The molecule has 9 heteroatoms. The molecular weight excluding hydrogens is 415 g/mol. The molecule has 0 bridgehead atoms. The Kier molecular flexibility index (Phi) is 6.87. The minimum Gasteiger partial charge on any atom is -0.477 e. The SMILES string of the molecule is CC(C)Cn1ncc2cc(Oc3ccc(F)cc3)c(C(=O)NC(C)CC(=N)C(=O)O)cc21. The van der Waals surface area contributed by atoms with Gasteiger partial charge < -0.3 is 15.2 Å². The van der Waals surface area contributed by atoms with Crippen molar-refractivity contribution in [1.29, 1.82) is 5.41 Å². The number of carbonyl (C=O) groups is 2. The molecule has 8 nitrogen and oxygen atoms in total. The van der Waals surface area contributed by atoms with Gasteiger partial charge >= 0.3 is 5.97 Å². The summed E-state index contributed by atoms with van der Waals surface area (Å²) in [6.45, 7) is 6.41. The molecule has 1 aromatic heterocycles. The van der Waals surface area contributed by atoms with Crippen LogP contribution < -0.4 is 10.1 Å². The predicted molar refractivity (Wildman–Crippen MR) is 118 cm³/mol. The maximum atomic E-state index is 13.3. The van der Waals surface area contributed by atoms with Crippen LogP contribution in [0, 0.1) is 17.1 Å². The lowest BCUT2D eigenvalue weighted by atomic mass is 10.1. The lowest BCUT2D eigenvalue weighted by Crippen LogP contribution is -2.35. The van der Waals surface area contributed by atoms with Crippen molar-refractivity contribution in [3.8, 4) is 11.5 Å². The first-order valence-corrected chi connectivity index (χ1v) is 10.2. The Bertz CT molecular complexity index is 1150. The summed E-state index contributed by atoms with van der Waals surface area (Å²) in [6, 6.07) is 8.22. The van der Waals surface area contributed by atoms with E-state index in [9.17, 15) is 14.0 Å². The third-order valence-electron chi connectivity index (χ3n) is 4.71. The molecule has 1 atom stereocenters. The van der Waals surface area contributed by atoms with Gasteiger partial charge in [-0.05, 0) is 49.2 Å². The van der Waals surface area contributed by atoms with E-state index < -0.39 is 29.4 Å². The van der Waals surface area contributed by atoms with Crippen molar-refractivity contribution in [2.75, 3.05) is 0 Å². The summed E-state index contributed by atoms with van der Waals surface area (Å²) >= 11 is 0. The number of aromatic nitrogens is 2. The van der Waals surface area contributed by atoms with E-state index in [4.69, 9.17) is 15.3 Å². The topological polar surface area (TPSA) is 117 Å². The maximum Gasteiger partial charge on any atom is 0.349 e. The van der Waals surface area contributed by atoms with Gasteiger partial charge in [-0.1, -0.05) is 13.8 Å². The Morgan fingerprint density at radius 2 is 1.91 bits per heavy atom. The summed E-state index contributed by atoms with van der Waals surface area (Å²) in [5, 5.41) is 24.3. The number of nitrogens with zero attached hydrogens (tertiary/aromatic N) is 2. The fraction of sp³-hybridized carbons (Fsp3) is 0.304. The molecule has 0 saturated heterocycles. The molecule has 1 unspecified atom stereocenters. The summed E-state index contributed by atoms with van der Waals surface area (Å²) in [7, 11) is 0. The van der Waals surface area contributed by atoms with Gasteiger partial charge in [-0.15, -0.1) is 0 Å². The fourth-order valence-electron chi connectivity index (χ4n) is 3.23. The smallest absolute Gasteiger partial charge is 0.349 e. The first-order chi connectivity index (χ1) is 15.1. The Balaban J connectivity index is 1.97. The van der Waals surface area contributed by atoms with Gasteiger partial charge in [0.1, 0.15) is 23.0 Å². The first kappa shape index (κ1) is 22.9. The van der Waals surface area contributed by atoms with Crippen LogP contribution in [0.25, 0.3) is 10.9 Å². The van der Waals surface area contributed by atoms with E-state index >= 15 is 0 Å². The van der Waals surface area contributed by atoms with Crippen molar-refractivity contribution in [2.45, 2.75) is 39.8 Å². The van der Waals surface area contributed by atoms with Gasteiger partial charge in [0.15, 0.2) is 0 Å². The van der Waals surface area contributed by atoms with E-state index in [2.05, 4.69) is 24.3 Å². The minimum absolute atomic E-state index is 0.122. The standard InChI is InChI=1S/C23H25FN4O4/c1-13(2)12-28-20-10-18(22(29)27-14(3)8-19(25)23(30)31)21(9-15(20)11-26-28)32-17-6-4-16(24)5-7-17/h4-7,9-11,13-14,25H,8,12H2,1-3H3,(H,27,29)(H,30,31). The molecule has 0 saturated carbocycles. The lowest BCUT2D eigenvalue weighted by Gasteiger charge is -2.16. The number of amides is 1. The number of hydrogen-bond donors (Lipinski definition) is 3. The monoisotopic (exact) mass is 440 g/mol. The largest absolute Gasteiger partial charge is 0.477 e. The predicted octanol–water partition coefficient (Wildman–Crippen LogP) is 4.24. The summed E-state index contributed by atoms with van der Waals surface area (Å²) in [6.07, 6.45) is 1.57. The van der Waals surface area contributed by atoms with Crippen LogP contribution >= 0.6 is 0 Å². The highest BCUT2D eigenvalue weighted by molar-refractivity contribution is 6.34. The minimum atomic E-state index is -1.33. The molecule has 3 rings (SSSR count). The van der Waals surface area contributed by atoms with E-state index in [0.29, 0.717) is 18.2 Å². The Hall–Kier alpha value is -3.75. The van der Waals surface area contributed by atoms with E-state index in [1.807, 2.05) is 4.68 Å². The van der Waals surface area contributed by atoms with Crippen LogP contribution in [0.15, 0.2) is 42.6 Å². The van der Waals surface area contributed by atoms with E-state index in [0.717, 1.165) is 10.9 Å². The number of carbonyl (C=O) groups excluding carboxylic acids is 1. The molecule has 2 aromatic carbocycles. The molecule has 0 fully saturated rings. The van der Waals surface area contributed by atoms with Gasteiger partial charge in [-0.2, -0.15) is 5.10 Å². The number of benzene rings is 2. The third kappa shape index (κ3) is 5.48. The molecule has 32 heavy (non-hydrogen) atoms. The number of carboxylic acid groups (broad SMARTS) is 1. The van der Waals surface area contributed by atoms with Crippen LogP contribution in [0.5, 0.6) is 11.5 Å². The average Bonchev–Trinajstić information content (AvgIpc) is 3.09. The van der Waals surface area contributed by atoms with Gasteiger partial charge in [0.25, 0.3) is 5.91 Å². The molecule has 0 radical (unpaired) electrons. The van der Waals surface area contributed by atoms with Gasteiger partial charge in [0.05, 0.1) is 17.3 Å². The number of ether oxygens (including phenoxy) is 1. The summed E-state index contributed by atoms with van der Waals surface area (Å²) in [5.74, 6) is -1.26. The number of fused-ring (bicyclic) bond motifs is 1. The summed E-state index contributed by atoms with van der Waals surface area (Å²) in [5.41, 5.74) is 0.480. The first-order valence-electron chi connectivity index (χ1n) is 10.2. The molecule has 0 aliphatic rings. The van der Waals surface area contributed by atoms with Crippen LogP contribution in [-0.2, 0) is 11.3 Å². The summed E-state index contributed by atoms with van der Waals surface area (Å²) in [4.78, 5) is 24.0. The quantitative estimate of drug-likeness (QED) is 0.430. The molecule has 0 aliphatic carbocycles. The van der Waals surface area contributed by atoms with Crippen LogP contribution in [0.2, 0.25) is 0 Å². The van der Waals surface area contributed by atoms with Crippen molar-refractivity contribution < 1.29 is 23.8 Å². The van der Waals surface area contributed by atoms with Crippen LogP contribution in [-0.4, -0.2) is 38.5 Å². The molecule has 0 aliphatic heterocycles. The molecule has 0 spiro atoms. The number of rotatable bonds is 9. The van der Waals surface area contributed by atoms with Crippen molar-refractivity contribution in [3.63, 3.8) is 0 Å². The number of aliphatic carboxylic acids is 1. The molecule has 3 N–H and O–H groups in total. The van der Waals surface area contributed by atoms with E-state index in [1.54, 1.807) is 25.3 Å². The zero-order valence-electron chi connectivity index (χ0n) is 18.1. The second-order valence-corrected chi connectivity index (χ2v) is 8.05. The van der Waals surface area contributed by atoms with Crippen molar-refractivity contribution >= 4 is 28.5 Å².